The summed E-state index contributed by atoms with van der Waals surface area (Å²) in [6.07, 6.45) is 1.85. The van der Waals surface area contributed by atoms with Crippen LogP contribution in [0.3, 0.4) is 0 Å². The van der Waals surface area contributed by atoms with Gasteiger partial charge < -0.3 is 10.6 Å². The predicted molar refractivity (Wildman–Crippen MR) is 87.6 cm³/mol. The van der Waals surface area contributed by atoms with E-state index >= 15 is 0 Å². The topological polar surface area (TPSA) is 29.3 Å². The lowest BCUT2D eigenvalue weighted by Crippen LogP contribution is -2.20. The number of hydrogen-bond acceptors (Lipinski definition) is 2. The van der Waals surface area contributed by atoms with Gasteiger partial charge in [0.05, 0.1) is 0 Å². The van der Waals surface area contributed by atoms with Crippen molar-refractivity contribution in [1.82, 2.24) is 0 Å². The molecule has 2 rings (SSSR count). The summed E-state index contributed by atoms with van der Waals surface area (Å²) in [6, 6.07) is 16.7. The summed E-state index contributed by atoms with van der Waals surface area (Å²) in [7, 11) is 2.09. The first-order chi connectivity index (χ1) is 9.70. The van der Waals surface area contributed by atoms with Crippen molar-refractivity contribution in [3.05, 3.63) is 64.7 Å². The van der Waals surface area contributed by atoms with Crippen LogP contribution in [0.2, 0.25) is 5.02 Å². The highest BCUT2D eigenvalue weighted by atomic mass is 35.5. The van der Waals surface area contributed by atoms with E-state index in [1.807, 2.05) is 12.1 Å². The molecule has 0 fully saturated rings. The molecule has 0 aromatic heterocycles. The fourth-order valence-electron chi connectivity index (χ4n) is 2.20. The molecule has 0 aliphatic rings. The van der Waals surface area contributed by atoms with Crippen molar-refractivity contribution < 1.29 is 0 Å². The molecule has 106 valence electrons. The standard InChI is InChI=1S/C17H21ClN2/c1-20(12-10-14-5-3-2-4-6-14)16-8-7-15(9-11-19)17(18)13-16/h2-8,13H,9-12,19H2,1H3. The van der Waals surface area contributed by atoms with Crippen LogP contribution in [0.1, 0.15) is 11.1 Å². The van der Waals surface area contributed by atoms with Gasteiger partial charge in [0.1, 0.15) is 0 Å². The van der Waals surface area contributed by atoms with Crippen LogP contribution in [-0.2, 0) is 12.8 Å². The number of rotatable bonds is 6. The van der Waals surface area contributed by atoms with Gasteiger partial charge in [-0.2, -0.15) is 0 Å². The number of nitrogens with two attached hydrogens (primary N) is 1. The van der Waals surface area contributed by atoms with Crippen LogP contribution in [-0.4, -0.2) is 20.1 Å². The van der Waals surface area contributed by atoms with Crippen LogP contribution in [0.4, 0.5) is 5.69 Å². The monoisotopic (exact) mass is 288 g/mol. The van der Waals surface area contributed by atoms with E-state index in [1.54, 1.807) is 0 Å². The van der Waals surface area contributed by atoms with Gasteiger partial charge >= 0.3 is 0 Å². The molecule has 0 radical (unpaired) electrons. The molecule has 0 spiro atoms. The molecule has 0 saturated carbocycles. The van der Waals surface area contributed by atoms with Gasteiger partial charge in [0.15, 0.2) is 0 Å². The Kier molecular flexibility index (Phi) is 5.45. The minimum Gasteiger partial charge on any atom is -0.374 e. The van der Waals surface area contributed by atoms with Crippen LogP contribution >= 0.6 is 11.6 Å². The molecular weight excluding hydrogens is 268 g/mol. The van der Waals surface area contributed by atoms with Crippen molar-refractivity contribution in [3.63, 3.8) is 0 Å². The average molecular weight is 289 g/mol. The van der Waals surface area contributed by atoms with Gasteiger partial charge in [0, 0.05) is 24.3 Å². The Morgan fingerprint density at radius 3 is 2.45 bits per heavy atom. The third-order valence-corrected chi connectivity index (χ3v) is 3.82. The summed E-state index contributed by atoms with van der Waals surface area (Å²) in [6.45, 7) is 1.60. The molecular formula is C17H21ClN2. The maximum absolute atomic E-state index is 6.29. The van der Waals surface area contributed by atoms with Crippen LogP contribution in [0.5, 0.6) is 0 Å². The van der Waals surface area contributed by atoms with E-state index in [1.165, 1.54) is 5.56 Å². The highest BCUT2D eigenvalue weighted by Gasteiger charge is 2.05. The Bertz CT molecular complexity index is 540. The lowest BCUT2D eigenvalue weighted by Gasteiger charge is -2.20. The van der Waals surface area contributed by atoms with Gasteiger partial charge in [0.2, 0.25) is 0 Å². The number of hydrogen-bond donors (Lipinski definition) is 1. The van der Waals surface area contributed by atoms with Crippen molar-refractivity contribution in [1.29, 1.82) is 0 Å². The maximum atomic E-state index is 6.29. The number of likely N-dealkylation sites (N-methyl/N-ethyl adjacent to an activating group) is 1. The number of halogens is 1. The predicted octanol–water partition coefficient (Wildman–Crippen LogP) is 3.52. The molecule has 20 heavy (non-hydrogen) atoms. The van der Waals surface area contributed by atoms with E-state index in [4.69, 9.17) is 17.3 Å². The highest BCUT2D eigenvalue weighted by Crippen LogP contribution is 2.23. The summed E-state index contributed by atoms with van der Waals surface area (Å²) in [5.74, 6) is 0. The van der Waals surface area contributed by atoms with Crippen LogP contribution < -0.4 is 10.6 Å². The zero-order chi connectivity index (χ0) is 14.4. The Balaban J connectivity index is 1.98. The molecule has 2 aromatic rings. The first-order valence-corrected chi connectivity index (χ1v) is 7.32. The van der Waals surface area contributed by atoms with E-state index < -0.39 is 0 Å². The average Bonchev–Trinajstić information content (AvgIpc) is 2.48. The molecule has 3 heteroatoms. The third-order valence-electron chi connectivity index (χ3n) is 3.47. The van der Waals surface area contributed by atoms with E-state index in [0.717, 1.165) is 35.7 Å². The number of benzene rings is 2. The summed E-state index contributed by atoms with van der Waals surface area (Å²) in [4.78, 5) is 2.23. The summed E-state index contributed by atoms with van der Waals surface area (Å²) in [5.41, 5.74) is 9.19. The molecule has 2 N–H and O–H groups in total. The van der Waals surface area contributed by atoms with Gasteiger partial charge in [0.25, 0.3) is 0 Å². The van der Waals surface area contributed by atoms with Crippen molar-refractivity contribution in [2.24, 2.45) is 5.73 Å². The maximum Gasteiger partial charge on any atom is 0.0459 e. The normalized spacial score (nSPS) is 10.6. The van der Waals surface area contributed by atoms with Gasteiger partial charge in [-0.05, 0) is 42.6 Å². The largest absolute Gasteiger partial charge is 0.374 e. The number of nitrogens with zero attached hydrogens (tertiary/aromatic N) is 1. The minimum absolute atomic E-state index is 0.628. The molecule has 2 aromatic carbocycles. The smallest absolute Gasteiger partial charge is 0.0459 e. The zero-order valence-corrected chi connectivity index (χ0v) is 12.6. The van der Waals surface area contributed by atoms with Crippen molar-refractivity contribution in [3.8, 4) is 0 Å². The second kappa shape index (κ2) is 7.32. The third kappa shape index (κ3) is 3.99. The zero-order valence-electron chi connectivity index (χ0n) is 11.8. The Morgan fingerprint density at radius 2 is 1.80 bits per heavy atom. The molecule has 0 bridgehead atoms. The molecule has 2 nitrogen and oxygen atoms in total. The number of anilines is 1. The lowest BCUT2D eigenvalue weighted by atomic mass is 10.1. The fraction of sp³-hybridized carbons (Fsp3) is 0.294. The summed E-state index contributed by atoms with van der Waals surface area (Å²) < 4.78 is 0. The van der Waals surface area contributed by atoms with Gasteiger partial charge in [-0.1, -0.05) is 48.0 Å². The van der Waals surface area contributed by atoms with Gasteiger partial charge in [-0.3, -0.25) is 0 Å². The molecule has 0 unspecified atom stereocenters. The molecule has 0 atom stereocenters. The minimum atomic E-state index is 0.628. The molecule has 0 saturated heterocycles. The second-order valence-corrected chi connectivity index (χ2v) is 5.38. The summed E-state index contributed by atoms with van der Waals surface area (Å²) in [5, 5.41) is 0.805. The van der Waals surface area contributed by atoms with Crippen LogP contribution in [0, 0.1) is 0 Å². The Morgan fingerprint density at radius 1 is 1.05 bits per heavy atom. The second-order valence-electron chi connectivity index (χ2n) is 4.97. The SMILES string of the molecule is CN(CCc1ccccc1)c1ccc(CCN)c(Cl)c1. The Labute approximate surface area is 126 Å². The van der Waals surface area contributed by atoms with Crippen molar-refractivity contribution in [2.75, 3.05) is 25.0 Å². The molecule has 0 aliphatic carbocycles. The van der Waals surface area contributed by atoms with Crippen molar-refractivity contribution >= 4 is 17.3 Å². The molecule has 0 amide bonds. The fourth-order valence-corrected chi connectivity index (χ4v) is 2.47. The van der Waals surface area contributed by atoms with E-state index in [2.05, 4.69) is 48.3 Å². The molecule has 0 aliphatic heterocycles. The van der Waals surface area contributed by atoms with Gasteiger partial charge in [-0.25, -0.2) is 0 Å². The first-order valence-electron chi connectivity index (χ1n) is 6.94. The molecule has 0 heterocycles. The lowest BCUT2D eigenvalue weighted by molar-refractivity contribution is 0.875. The Hall–Kier alpha value is -1.51. The van der Waals surface area contributed by atoms with Gasteiger partial charge in [-0.15, -0.1) is 0 Å². The first kappa shape index (κ1) is 14.9. The van der Waals surface area contributed by atoms with Crippen LogP contribution in [0.15, 0.2) is 48.5 Å². The summed E-state index contributed by atoms with van der Waals surface area (Å²) >= 11 is 6.29. The van der Waals surface area contributed by atoms with Crippen LogP contribution in [0.25, 0.3) is 0 Å². The van der Waals surface area contributed by atoms with Crippen molar-refractivity contribution in [2.45, 2.75) is 12.8 Å². The van der Waals surface area contributed by atoms with E-state index in [9.17, 15) is 0 Å². The van der Waals surface area contributed by atoms with E-state index in [-0.39, 0.29) is 0 Å². The highest BCUT2D eigenvalue weighted by molar-refractivity contribution is 6.31. The van der Waals surface area contributed by atoms with E-state index in [0.29, 0.717) is 6.54 Å². The quantitative estimate of drug-likeness (QED) is 0.881.